The van der Waals surface area contributed by atoms with Crippen LogP contribution in [0.3, 0.4) is 0 Å². The first-order valence-electron chi connectivity index (χ1n) is 5.14. The van der Waals surface area contributed by atoms with Gasteiger partial charge >= 0.3 is 0 Å². The summed E-state index contributed by atoms with van der Waals surface area (Å²) in [5.41, 5.74) is 4.56. The first-order valence-corrected chi connectivity index (χ1v) is 6.02. The van der Waals surface area contributed by atoms with E-state index in [0.717, 1.165) is 11.6 Å². The molecule has 0 aromatic rings. The van der Waals surface area contributed by atoms with Crippen molar-refractivity contribution in [3.63, 3.8) is 0 Å². The molecule has 0 radical (unpaired) electrons. The van der Waals surface area contributed by atoms with Crippen LogP contribution in [-0.2, 0) is 4.79 Å². The number of nitrogens with one attached hydrogen (secondary N) is 1. The number of amidine groups is 1. The Morgan fingerprint density at radius 1 is 1.60 bits per heavy atom. The molecule has 5 heteroatoms. The highest BCUT2D eigenvalue weighted by molar-refractivity contribution is 8.14. The topological polar surface area (TPSA) is 67.5 Å². The summed E-state index contributed by atoms with van der Waals surface area (Å²) in [7, 11) is 0. The maximum atomic E-state index is 11.2. The van der Waals surface area contributed by atoms with E-state index in [-0.39, 0.29) is 5.91 Å². The Balaban J connectivity index is 2.69. The van der Waals surface area contributed by atoms with Gasteiger partial charge in [0.25, 0.3) is 0 Å². The fourth-order valence-electron chi connectivity index (χ4n) is 1.39. The first kappa shape index (κ1) is 12.4. The third-order valence-electron chi connectivity index (χ3n) is 2.36. The van der Waals surface area contributed by atoms with Gasteiger partial charge in [0.15, 0.2) is 5.17 Å². The van der Waals surface area contributed by atoms with Crippen molar-refractivity contribution in [3.05, 3.63) is 0 Å². The lowest BCUT2D eigenvalue weighted by Gasteiger charge is -2.29. The fraction of sp³-hybridized carbons (Fsp3) is 0.800. The van der Waals surface area contributed by atoms with Crippen LogP contribution in [0.5, 0.6) is 0 Å². The number of thioether (sulfide) groups is 1. The van der Waals surface area contributed by atoms with E-state index >= 15 is 0 Å². The summed E-state index contributed by atoms with van der Waals surface area (Å²) in [6, 6.07) is 0.312. The molecule has 2 unspecified atom stereocenters. The van der Waals surface area contributed by atoms with Gasteiger partial charge in [-0.2, -0.15) is 0 Å². The van der Waals surface area contributed by atoms with Crippen molar-refractivity contribution in [1.29, 1.82) is 0 Å². The second-order valence-electron chi connectivity index (χ2n) is 4.56. The van der Waals surface area contributed by atoms with Crippen LogP contribution in [0.2, 0.25) is 0 Å². The van der Waals surface area contributed by atoms with Crippen LogP contribution in [0.1, 0.15) is 34.1 Å². The summed E-state index contributed by atoms with van der Waals surface area (Å²) in [5, 5.41) is 4.45. The molecule has 0 saturated carbocycles. The normalized spacial score (nSPS) is 27.1. The van der Waals surface area contributed by atoms with Gasteiger partial charge < -0.3 is 11.1 Å². The maximum absolute atomic E-state index is 11.2. The standard InChI is InChI=1S/C10H19N3OS/c1-6-5-7(2)15-9(12-6)13-10(3,4)8(11)14/h6-7H,5H2,1-4H3,(H2,11,14)(H,12,13). The van der Waals surface area contributed by atoms with Gasteiger partial charge in [0.1, 0.15) is 5.54 Å². The lowest BCUT2D eigenvalue weighted by atomic mass is 10.1. The lowest BCUT2D eigenvalue weighted by Crippen LogP contribution is -2.53. The van der Waals surface area contributed by atoms with Crippen LogP contribution in [0.15, 0.2) is 4.99 Å². The van der Waals surface area contributed by atoms with E-state index in [1.165, 1.54) is 0 Å². The van der Waals surface area contributed by atoms with E-state index in [0.29, 0.717) is 11.3 Å². The van der Waals surface area contributed by atoms with Crippen molar-refractivity contribution in [3.8, 4) is 0 Å². The van der Waals surface area contributed by atoms with Gasteiger partial charge in [0.05, 0.1) is 6.04 Å². The van der Waals surface area contributed by atoms with Crippen LogP contribution < -0.4 is 11.1 Å². The van der Waals surface area contributed by atoms with Crippen molar-refractivity contribution >= 4 is 22.8 Å². The van der Waals surface area contributed by atoms with Crippen LogP contribution in [0, 0.1) is 0 Å². The molecule has 1 heterocycles. The Kier molecular flexibility index (Phi) is 3.65. The SMILES string of the molecule is CC1CC(C)SC(NC(C)(C)C(N)=O)=N1. The second kappa shape index (κ2) is 4.43. The number of amides is 1. The molecule has 0 spiro atoms. The molecule has 0 aromatic carbocycles. The highest BCUT2D eigenvalue weighted by atomic mass is 32.2. The van der Waals surface area contributed by atoms with Crippen LogP contribution in [0.25, 0.3) is 0 Å². The predicted molar refractivity (Wildman–Crippen MR) is 65.0 cm³/mol. The molecule has 1 amide bonds. The third kappa shape index (κ3) is 3.41. The highest BCUT2D eigenvalue weighted by Crippen LogP contribution is 2.24. The van der Waals surface area contributed by atoms with Gasteiger partial charge in [0, 0.05) is 5.25 Å². The first-order chi connectivity index (χ1) is 6.81. The number of hydrogen-bond donors (Lipinski definition) is 2. The number of carbonyl (C=O) groups is 1. The number of aliphatic imine (C=N–C) groups is 1. The molecule has 0 aliphatic carbocycles. The molecule has 1 aliphatic rings. The fourth-order valence-corrected chi connectivity index (χ4v) is 2.70. The number of carbonyl (C=O) groups excluding carboxylic acids is 1. The number of primary amides is 1. The number of nitrogens with two attached hydrogens (primary N) is 1. The number of hydrogen-bond acceptors (Lipinski definition) is 4. The molecule has 3 N–H and O–H groups in total. The summed E-state index contributed by atoms with van der Waals surface area (Å²) >= 11 is 1.67. The van der Waals surface area contributed by atoms with Gasteiger partial charge in [-0.1, -0.05) is 18.7 Å². The van der Waals surface area contributed by atoms with Gasteiger partial charge in [-0.05, 0) is 27.2 Å². The average molecular weight is 229 g/mol. The summed E-state index contributed by atoms with van der Waals surface area (Å²) in [5.74, 6) is -0.364. The summed E-state index contributed by atoms with van der Waals surface area (Å²) in [4.78, 5) is 15.6. The summed E-state index contributed by atoms with van der Waals surface area (Å²) in [6.07, 6.45) is 1.08. The molecule has 86 valence electrons. The molecule has 0 saturated heterocycles. The number of rotatable bonds is 2. The van der Waals surface area contributed by atoms with Crippen molar-refractivity contribution in [2.45, 2.75) is 50.9 Å². The number of nitrogens with zero attached hydrogens (tertiary/aromatic N) is 1. The van der Waals surface area contributed by atoms with Gasteiger partial charge in [0.2, 0.25) is 5.91 Å². The molecular formula is C10H19N3OS. The van der Waals surface area contributed by atoms with Gasteiger partial charge in [-0.25, -0.2) is 0 Å². The Hall–Kier alpha value is -0.710. The Morgan fingerprint density at radius 2 is 2.20 bits per heavy atom. The summed E-state index contributed by atoms with van der Waals surface area (Å²) < 4.78 is 0. The van der Waals surface area contributed by atoms with Gasteiger partial charge in [-0.15, -0.1) is 0 Å². The lowest BCUT2D eigenvalue weighted by molar-refractivity contribution is -0.122. The van der Waals surface area contributed by atoms with E-state index in [2.05, 4.69) is 24.2 Å². The van der Waals surface area contributed by atoms with Crippen molar-refractivity contribution < 1.29 is 4.79 Å². The minimum absolute atomic E-state index is 0.312. The minimum Gasteiger partial charge on any atom is -0.368 e. The molecule has 4 nitrogen and oxygen atoms in total. The van der Waals surface area contributed by atoms with Gasteiger partial charge in [-0.3, -0.25) is 9.79 Å². The highest BCUT2D eigenvalue weighted by Gasteiger charge is 2.28. The smallest absolute Gasteiger partial charge is 0.242 e. The van der Waals surface area contributed by atoms with Crippen LogP contribution >= 0.6 is 11.8 Å². The largest absolute Gasteiger partial charge is 0.368 e. The molecule has 1 rings (SSSR count). The van der Waals surface area contributed by atoms with E-state index in [1.54, 1.807) is 25.6 Å². The van der Waals surface area contributed by atoms with E-state index in [1.807, 2.05) is 0 Å². The zero-order chi connectivity index (χ0) is 11.6. The molecule has 15 heavy (non-hydrogen) atoms. The molecule has 1 aliphatic heterocycles. The Bertz CT molecular complexity index is 288. The second-order valence-corrected chi connectivity index (χ2v) is 5.99. The van der Waals surface area contributed by atoms with Crippen LogP contribution in [-0.4, -0.2) is 27.9 Å². The molecular weight excluding hydrogens is 210 g/mol. The molecule has 0 fully saturated rings. The van der Waals surface area contributed by atoms with E-state index in [4.69, 9.17) is 5.73 Å². The maximum Gasteiger partial charge on any atom is 0.242 e. The van der Waals surface area contributed by atoms with E-state index in [9.17, 15) is 4.79 Å². The monoisotopic (exact) mass is 229 g/mol. The quantitative estimate of drug-likeness (QED) is 0.745. The van der Waals surface area contributed by atoms with Crippen molar-refractivity contribution in [2.24, 2.45) is 10.7 Å². The molecule has 0 bridgehead atoms. The van der Waals surface area contributed by atoms with Crippen LogP contribution in [0.4, 0.5) is 0 Å². The van der Waals surface area contributed by atoms with E-state index < -0.39 is 5.54 Å². The average Bonchev–Trinajstić information content (AvgIpc) is 1.99. The predicted octanol–water partition coefficient (Wildman–Crippen LogP) is 1.11. The third-order valence-corrected chi connectivity index (χ3v) is 3.38. The molecule has 0 aromatic heterocycles. The zero-order valence-corrected chi connectivity index (χ0v) is 10.5. The Morgan fingerprint density at radius 3 is 2.67 bits per heavy atom. The summed E-state index contributed by atoms with van der Waals surface area (Å²) in [6.45, 7) is 7.77. The molecule has 2 atom stereocenters. The van der Waals surface area contributed by atoms with Crippen molar-refractivity contribution in [2.75, 3.05) is 0 Å². The minimum atomic E-state index is -0.734. The van der Waals surface area contributed by atoms with Crippen molar-refractivity contribution in [1.82, 2.24) is 5.32 Å². The Labute approximate surface area is 95.1 Å². The zero-order valence-electron chi connectivity index (χ0n) is 9.70.